The van der Waals surface area contributed by atoms with Gasteiger partial charge in [-0.15, -0.1) is 0 Å². The lowest BCUT2D eigenvalue weighted by atomic mass is 9.97. The summed E-state index contributed by atoms with van der Waals surface area (Å²) in [6.07, 6.45) is -0.309. The molecule has 2 atom stereocenters. The minimum atomic E-state index is -2.48. The van der Waals surface area contributed by atoms with Gasteiger partial charge >= 0.3 is 0 Å². The summed E-state index contributed by atoms with van der Waals surface area (Å²) in [7, 11) is 0. The second-order valence-corrected chi connectivity index (χ2v) is 2.60. The highest BCUT2D eigenvalue weighted by Crippen LogP contribution is 2.06. The second kappa shape index (κ2) is 4.30. The number of hydrogen-bond acceptors (Lipinski definition) is 5. The van der Waals surface area contributed by atoms with E-state index in [1.807, 2.05) is 0 Å². The van der Waals surface area contributed by atoms with Crippen LogP contribution in [0.4, 0.5) is 0 Å². The molecule has 0 aliphatic rings. The number of carbonyl (C=O) groups excluding carboxylic acids is 2. The van der Waals surface area contributed by atoms with E-state index in [9.17, 15) is 9.59 Å². The molecule has 0 heterocycles. The first-order valence-electron chi connectivity index (χ1n) is 3.40. The Balaban J connectivity index is 4.32. The summed E-state index contributed by atoms with van der Waals surface area (Å²) in [6.45, 7) is 0.322. The van der Waals surface area contributed by atoms with Gasteiger partial charge in [-0.05, 0) is 6.92 Å². The molecule has 0 aromatic carbocycles. The van der Waals surface area contributed by atoms with E-state index >= 15 is 0 Å². The third-order valence-electron chi connectivity index (χ3n) is 1.34. The van der Waals surface area contributed by atoms with Gasteiger partial charge in [0.15, 0.2) is 5.78 Å². The van der Waals surface area contributed by atoms with Crippen LogP contribution in [0.1, 0.15) is 13.3 Å². The van der Waals surface area contributed by atoms with Crippen molar-refractivity contribution >= 4 is 12.1 Å². The van der Waals surface area contributed by atoms with Gasteiger partial charge in [-0.2, -0.15) is 0 Å². The van der Waals surface area contributed by atoms with E-state index in [0.29, 0.717) is 0 Å². The van der Waals surface area contributed by atoms with Crippen molar-refractivity contribution in [3.63, 3.8) is 0 Å². The Hall–Kier alpha value is -0.780. The summed E-state index contributed by atoms with van der Waals surface area (Å²) < 4.78 is 0. The van der Waals surface area contributed by atoms with Gasteiger partial charge in [0.2, 0.25) is 11.9 Å². The molecule has 0 aromatic heterocycles. The van der Waals surface area contributed by atoms with Crippen LogP contribution >= 0.6 is 0 Å². The lowest BCUT2D eigenvalue weighted by Crippen LogP contribution is -2.45. The number of aliphatic hydroxyl groups is 3. The molecule has 5 nitrogen and oxygen atoms in total. The van der Waals surface area contributed by atoms with Crippen LogP contribution in [-0.2, 0) is 9.59 Å². The van der Waals surface area contributed by atoms with Crippen LogP contribution in [0, 0.1) is 0 Å². The highest BCUT2D eigenvalue weighted by atomic mass is 16.3. The Labute approximate surface area is 69.6 Å². The summed E-state index contributed by atoms with van der Waals surface area (Å²) in [5, 5.41) is 26.2. The number of ketones is 1. The Kier molecular flexibility index (Phi) is 4.02. The molecule has 1 radical (unpaired) electrons. The molecule has 0 spiro atoms. The monoisotopic (exact) mass is 175 g/mol. The maximum Gasteiger partial charge on any atom is 0.243 e. The van der Waals surface area contributed by atoms with Crippen LogP contribution < -0.4 is 0 Å². The van der Waals surface area contributed by atoms with Crippen molar-refractivity contribution in [3.05, 3.63) is 0 Å². The van der Waals surface area contributed by atoms with Crippen LogP contribution in [0.15, 0.2) is 0 Å². The summed E-state index contributed by atoms with van der Waals surface area (Å²) in [4.78, 5) is 20.9. The Morgan fingerprint density at radius 3 is 2.42 bits per heavy atom. The maximum atomic E-state index is 10.9. The molecule has 69 valence electrons. The molecule has 0 amide bonds. The number of Topliss-reactive ketones (excluding diaryl/α,β-unsaturated/α-hetero) is 1. The van der Waals surface area contributed by atoms with E-state index in [-0.39, 0.29) is 6.42 Å². The molecular weight excluding hydrogens is 164 g/mol. The first-order valence-corrected chi connectivity index (χ1v) is 3.40. The second-order valence-electron chi connectivity index (χ2n) is 2.60. The van der Waals surface area contributed by atoms with E-state index in [1.54, 1.807) is 0 Å². The molecule has 3 N–H and O–H groups in total. The van der Waals surface area contributed by atoms with E-state index in [1.165, 1.54) is 6.92 Å². The summed E-state index contributed by atoms with van der Waals surface area (Å²) in [5.74, 6) is -0.935. The first-order chi connectivity index (χ1) is 5.46. The molecule has 0 aliphatic heterocycles. The van der Waals surface area contributed by atoms with Crippen molar-refractivity contribution in [3.8, 4) is 0 Å². The summed E-state index contributed by atoms with van der Waals surface area (Å²) >= 11 is 0. The van der Waals surface area contributed by atoms with Gasteiger partial charge < -0.3 is 15.3 Å². The van der Waals surface area contributed by atoms with Crippen LogP contribution in [-0.4, -0.2) is 45.7 Å². The number of aliphatic hydroxyl groups excluding tert-OH is 2. The molecule has 0 aromatic rings. The molecule has 0 saturated heterocycles. The van der Waals surface area contributed by atoms with Crippen LogP contribution in [0.2, 0.25) is 0 Å². The number of rotatable bonds is 5. The Morgan fingerprint density at radius 1 is 1.67 bits per heavy atom. The SMILES string of the molecule is CC(O)CC(=O)C(O)([C]=O)CO. The molecule has 12 heavy (non-hydrogen) atoms. The highest BCUT2D eigenvalue weighted by molar-refractivity contribution is 6.01. The number of hydrogen-bond donors (Lipinski definition) is 3. The molecular formula is C7H11O5. The third-order valence-corrected chi connectivity index (χ3v) is 1.34. The zero-order valence-corrected chi connectivity index (χ0v) is 6.65. The minimum Gasteiger partial charge on any atom is -0.393 e. The molecule has 0 saturated carbocycles. The van der Waals surface area contributed by atoms with Crippen molar-refractivity contribution in [1.82, 2.24) is 0 Å². The quantitative estimate of drug-likeness (QED) is 0.427. The molecule has 0 aliphatic carbocycles. The fourth-order valence-corrected chi connectivity index (χ4v) is 0.615. The van der Waals surface area contributed by atoms with Crippen molar-refractivity contribution in [2.45, 2.75) is 25.0 Å². The van der Waals surface area contributed by atoms with Gasteiger partial charge in [0.25, 0.3) is 0 Å². The van der Waals surface area contributed by atoms with Gasteiger partial charge in [-0.1, -0.05) is 0 Å². The predicted octanol–water partition coefficient (Wildman–Crippen LogP) is -1.84. The molecule has 2 unspecified atom stereocenters. The summed E-state index contributed by atoms with van der Waals surface area (Å²) in [5.41, 5.74) is -2.48. The topological polar surface area (TPSA) is 94.8 Å². The Bertz CT molecular complexity index is 177. The van der Waals surface area contributed by atoms with E-state index in [2.05, 4.69) is 0 Å². The number of carbonyl (C=O) groups is 1. The van der Waals surface area contributed by atoms with Gasteiger partial charge in [0.05, 0.1) is 12.7 Å². The zero-order valence-electron chi connectivity index (χ0n) is 6.65. The highest BCUT2D eigenvalue weighted by Gasteiger charge is 2.36. The average Bonchev–Trinajstić information content (AvgIpc) is 2.02. The third kappa shape index (κ3) is 2.69. The molecule has 5 heteroatoms. The minimum absolute atomic E-state index is 0.383. The maximum absolute atomic E-state index is 10.9. The smallest absolute Gasteiger partial charge is 0.243 e. The van der Waals surface area contributed by atoms with Crippen LogP contribution in [0.5, 0.6) is 0 Å². The average molecular weight is 175 g/mol. The first kappa shape index (κ1) is 11.2. The molecule has 0 rings (SSSR count). The Morgan fingerprint density at radius 2 is 2.17 bits per heavy atom. The van der Waals surface area contributed by atoms with E-state index in [0.717, 1.165) is 6.29 Å². The van der Waals surface area contributed by atoms with E-state index in [4.69, 9.17) is 15.3 Å². The van der Waals surface area contributed by atoms with Crippen molar-refractivity contribution in [1.29, 1.82) is 0 Å². The standard InChI is InChI=1S/C7H11O5/c1-5(10)2-6(11)7(12,3-8)4-9/h5,8,10,12H,2-3H2,1H3. The van der Waals surface area contributed by atoms with Gasteiger partial charge in [-0.3, -0.25) is 9.59 Å². The fourth-order valence-electron chi connectivity index (χ4n) is 0.615. The van der Waals surface area contributed by atoms with Crippen LogP contribution in [0.25, 0.3) is 0 Å². The van der Waals surface area contributed by atoms with Crippen molar-refractivity contribution < 1.29 is 24.9 Å². The van der Waals surface area contributed by atoms with Crippen LogP contribution in [0.3, 0.4) is 0 Å². The van der Waals surface area contributed by atoms with Gasteiger partial charge in [-0.25, -0.2) is 0 Å². The van der Waals surface area contributed by atoms with Gasteiger partial charge in [0, 0.05) is 6.42 Å². The largest absolute Gasteiger partial charge is 0.393 e. The summed E-state index contributed by atoms with van der Waals surface area (Å²) in [6, 6.07) is 0. The fraction of sp³-hybridized carbons (Fsp3) is 0.714. The lowest BCUT2D eigenvalue weighted by Gasteiger charge is -2.16. The van der Waals surface area contributed by atoms with Crippen molar-refractivity contribution in [2.75, 3.05) is 6.61 Å². The van der Waals surface area contributed by atoms with E-state index < -0.39 is 24.1 Å². The van der Waals surface area contributed by atoms with Gasteiger partial charge in [0.1, 0.15) is 0 Å². The van der Waals surface area contributed by atoms with Crippen molar-refractivity contribution in [2.24, 2.45) is 0 Å². The normalized spacial score (nSPS) is 18.0. The molecule has 0 fully saturated rings. The predicted molar refractivity (Wildman–Crippen MR) is 39.0 cm³/mol. The molecule has 0 bridgehead atoms. The lowest BCUT2D eigenvalue weighted by molar-refractivity contribution is -0.135. The zero-order chi connectivity index (χ0) is 9.78.